The molecule has 0 spiro atoms. The van der Waals surface area contributed by atoms with Crippen molar-refractivity contribution in [3.63, 3.8) is 0 Å². The van der Waals surface area contributed by atoms with Crippen molar-refractivity contribution in [1.29, 1.82) is 0 Å². The smallest absolute Gasteiger partial charge is 0.306 e. The highest BCUT2D eigenvalue weighted by atomic mass is 16.5. The van der Waals surface area contributed by atoms with Crippen molar-refractivity contribution in [3.8, 4) is 0 Å². The van der Waals surface area contributed by atoms with Gasteiger partial charge in [0, 0.05) is 45.7 Å². The van der Waals surface area contributed by atoms with Gasteiger partial charge in [-0.05, 0) is 37.0 Å². The number of fused-ring (bicyclic) bond motifs is 1. The summed E-state index contributed by atoms with van der Waals surface area (Å²) in [5, 5.41) is 6.27. The molecule has 1 amide bonds. The van der Waals surface area contributed by atoms with E-state index in [2.05, 4.69) is 15.5 Å². The highest BCUT2D eigenvalue weighted by Crippen LogP contribution is 2.45. The summed E-state index contributed by atoms with van der Waals surface area (Å²) in [6.07, 6.45) is 10.8. The van der Waals surface area contributed by atoms with Crippen LogP contribution in [0.1, 0.15) is 64.2 Å². The third-order valence-electron chi connectivity index (χ3n) is 7.65. The van der Waals surface area contributed by atoms with E-state index in [4.69, 9.17) is 9.47 Å². The van der Waals surface area contributed by atoms with Crippen molar-refractivity contribution in [3.05, 3.63) is 0 Å². The van der Waals surface area contributed by atoms with E-state index in [1.165, 1.54) is 32.1 Å². The fourth-order valence-corrected chi connectivity index (χ4v) is 6.05. The molecule has 2 heterocycles. The molecule has 170 valence electrons. The molecular weight excluding hydrogens is 382 g/mol. The maximum atomic E-state index is 12.3. The summed E-state index contributed by atoms with van der Waals surface area (Å²) in [6.45, 7) is 4.90. The minimum absolute atomic E-state index is 0.0191. The van der Waals surface area contributed by atoms with Crippen molar-refractivity contribution < 1.29 is 19.1 Å². The third-order valence-corrected chi connectivity index (χ3v) is 7.65. The van der Waals surface area contributed by atoms with Crippen LogP contribution in [0.5, 0.6) is 0 Å². The number of hydrogen-bond acceptors (Lipinski definition) is 6. The van der Waals surface area contributed by atoms with Crippen molar-refractivity contribution in [2.45, 2.75) is 76.4 Å². The summed E-state index contributed by atoms with van der Waals surface area (Å²) in [7, 11) is 0. The van der Waals surface area contributed by atoms with Crippen LogP contribution in [0.3, 0.4) is 0 Å². The van der Waals surface area contributed by atoms with Gasteiger partial charge in [-0.2, -0.15) is 0 Å². The van der Waals surface area contributed by atoms with Crippen LogP contribution in [0.4, 0.5) is 0 Å². The molecule has 4 aliphatic rings. The van der Waals surface area contributed by atoms with Gasteiger partial charge < -0.3 is 20.1 Å². The lowest BCUT2D eigenvalue weighted by molar-refractivity contribution is -0.176. The molecule has 2 N–H and O–H groups in total. The van der Waals surface area contributed by atoms with Crippen LogP contribution >= 0.6 is 0 Å². The zero-order valence-electron chi connectivity index (χ0n) is 18.3. The standard InChI is InChI=1S/C23H39N3O4/c27-22(25-9-4-11-26-12-10-24-16-26)15-29-18-7-8-19-20(17-5-2-1-3-6-17)14-23(28)30-21(19)13-18/h17-21,24H,1-16H2,(H,25,27). The van der Waals surface area contributed by atoms with Crippen LogP contribution < -0.4 is 10.6 Å². The molecule has 4 rings (SSSR count). The normalized spacial score (nSPS) is 33.1. The van der Waals surface area contributed by atoms with Crippen molar-refractivity contribution in [2.75, 3.05) is 39.5 Å². The lowest BCUT2D eigenvalue weighted by Crippen LogP contribution is -2.47. The Morgan fingerprint density at radius 2 is 2.03 bits per heavy atom. The van der Waals surface area contributed by atoms with Gasteiger partial charge in [0.05, 0.1) is 6.10 Å². The summed E-state index contributed by atoms with van der Waals surface area (Å²) in [4.78, 5) is 26.7. The Morgan fingerprint density at radius 3 is 2.83 bits per heavy atom. The largest absolute Gasteiger partial charge is 0.462 e. The zero-order chi connectivity index (χ0) is 20.8. The lowest BCUT2D eigenvalue weighted by atomic mass is 9.66. The number of carbonyl (C=O) groups is 2. The number of rotatable bonds is 8. The van der Waals surface area contributed by atoms with Crippen molar-refractivity contribution in [1.82, 2.24) is 15.5 Å². The first-order chi connectivity index (χ1) is 14.7. The van der Waals surface area contributed by atoms with Gasteiger partial charge in [-0.25, -0.2) is 0 Å². The first-order valence-electron chi connectivity index (χ1n) is 12.2. The predicted octanol–water partition coefficient (Wildman–Crippen LogP) is 2.05. The van der Waals surface area contributed by atoms with Gasteiger partial charge in [-0.15, -0.1) is 0 Å². The summed E-state index contributed by atoms with van der Waals surface area (Å²) in [5.41, 5.74) is 0. The van der Waals surface area contributed by atoms with Crippen molar-refractivity contribution >= 4 is 11.9 Å². The van der Waals surface area contributed by atoms with E-state index < -0.39 is 0 Å². The van der Waals surface area contributed by atoms with Gasteiger partial charge in [-0.1, -0.05) is 32.1 Å². The average Bonchev–Trinajstić information content (AvgIpc) is 3.28. The highest BCUT2D eigenvalue weighted by molar-refractivity contribution is 5.77. The fraction of sp³-hybridized carbons (Fsp3) is 0.913. The molecule has 2 saturated heterocycles. The van der Waals surface area contributed by atoms with Gasteiger partial charge in [0.25, 0.3) is 0 Å². The molecule has 2 aliphatic heterocycles. The maximum Gasteiger partial charge on any atom is 0.306 e. The van der Waals surface area contributed by atoms with Gasteiger partial charge in [0.15, 0.2) is 0 Å². The van der Waals surface area contributed by atoms with Crippen LogP contribution in [0.15, 0.2) is 0 Å². The molecule has 0 aromatic rings. The second kappa shape index (κ2) is 10.9. The lowest BCUT2D eigenvalue weighted by Gasteiger charge is -2.46. The van der Waals surface area contributed by atoms with Gasteiger partial charge in [0.1, 0.15) is 12.7 Å². The van der Waals surface area contributed by atoms with Gasteiger partial charge >= 0.3 is 5.97 Å². The molecule has 7 heteroatoms. The number of hydrogen-bond donors (Lipinski definition) is 2. The molecular formula is C23H39N3O4. The molecule has 0 bridgehead atoms. The number of esters is 1. The Balaban J connectivity index is 1.16. The predicted molar refractivity (Wildman–Crippen MR) is 114 cm³/mol. The van der Waals surface area contributed by atoms with E-state index in [1.807, 2.05) is 0 Å². The maximum absolute atomic E-state index is 12.3. The van der Waals surface area contributed by atoms with Crippen LogP contribution in [0, 0.1) is 17.8 Å². The van der Waals surface area contributed by atoms with Crippen LogP contribution in [0.25, 0.3) is 0 Å². The number of carbonyl (C=O) groups excluding carboxylic acids is 2. The first kappa shape index (κ1) is 22.0. The highest BCUT2D eigenvalue weighted by Gasteiger charge is 2.45. The van der Waals surface area contributed by atoms with E-state index in [0.717, 1.165) is 52.0 Å². The Hall–Kier alpha value is -1.18. The minimum atomic E-state index is -0.0441. The molecule has 4 atom stereocenters. The summed E-state index contributed by atoms with van der Waals surface area (Å²) in [6, 6.07) is 0. The average molecular weight is 422 g/mol. The molecule has 0 aromatic heterocycles. The third kappa shape index (κ3) is 5.95. The Morgan fingerprint density at radius 1 is 1.17 bits per heavy atom. The van der Waals surface area contributed by atoms with Crippen LogP contribution in [-0.4, -0.2) is 68.4 Å². The molecule has 0 radical (unpaired) electrons. The Bertz CT molecular complexity index is 575. The summed E-state index contributed by atoms with van der Waals surface area (Å²) < 4.78 is 11.7. The Labute approximate surface area is 180 Å². The van der Waals surface area contributed by atoms with Crippen molar-refractivity contribution in [2.24, 2.45) is 17.8 Å². The number of ether oxygens (including phenoxy) is 2. The van der Waals surface area contributed by atoms with Crippen LogP contribution in [0.2, 0.25) is 0 Å². The van der Waals surface area contributed by atoms with E-state index in [0.29, 0.717) is 30.7 Å². The second-order valence-electron chi connectivity index (χ2n) is 9.68. The molecule has 7 nitrogen and oxygen atoms in total. The molecule has 4 unspecified atom stereocenters. The minimum Gasteiger partial charge on any atom is -0.462 e. The van der Waals surface area contributed by atoms with E-state index in [9.17, 15) is 9.59 Å². The SMILES string of the molecule is O=C(COC1CCC2C(C1)OC(=O)CC2C1CCCCC1)NCCCN1CCNC1. The second-order valence-corrected chi connectivity index (χ2v) is 9.68. The summed E-state index contributed by atoms with van der Waals surface area (Å²) in [5.74, 6) is 1.60. The number of nitrogens with one attached hydrogen (secondary N) is 2. The van der Waals surface area contributed by atoms with Gasteiger partial charge in [-0.3, -0.25) is 14.5 Å². The monoisotopic (exact) mass is 421 g/mol. The first-order valence-corrected chi connectivity index (χ1v) is 12.2. The van der Waals surface area contributed by atoms with E-state index in [-0.39, 0.29) is 30.7 Å². The molecule has 2 saturated carbocycles. The quantitative estimate of drug-likeness (QED) is 0.461. The molecule has 30 heavy (non-hydrogen) atoms. The fourth-order valence-electron chi connectivity index (χ4n) is 6.05. The van der Waals surface area contributed by atoms with Gasteiger partial charge in [0.2, 0.25) is 5.91 Å². The molecule has 0 aromatic carbocycles. The zero-order valence-corrected chi connectivity index (χ0v) is 18.3. The topological polar surface area (TPSA) is 79.9 Å². The Kier molecular flexibility index (Phi) is 8.01. The number of nitrogens with zero attached hydrogens (tertiary/aromatic N) is 1. The van der Waals surface area contributed by atoms with E-state index >= 15 is 0 Å². The number of amides is 1. The molecule has 4 fully saturated rings. The van der Waals surface area contributed by atoms with Crippen LogP contribution in [-0.2, 0) is 19.1 Å². The van der Waals surface area contributed by atoms with E-state index in [1.54, 1.807) is 0 Å². The summed E-state index contributed by atoms with van der Waals surface area (Å²) >= 11 is 0. The molecule has 2 aliphatic carbocycles.